The van der Waals surface area contributed by atoms with Crippen LogP contribution >= 0.6 is 0 Å². The predicted molar refractivity (Wildman–Crippen MR) is 68.9 cm³/mol. The molecule has 4 heteroatoms. The van der Waals surface area contributed by atoms with Gasteiger partial charge in [-0.15, -0.1) is 0 Å². The predicted octanol–water partition coefficient (Wildman–Crippen LogP) is 2.06. The van der Waals surface area contributed by atoms with Crippen molar-refractivity contribution < 1.29 is 14.7 Å². The van der Waals surface area contributed by atoms with Crippen LogP contribution in [0.2, 0.25) is 0 Å². The lowest BCUT2D eigenvalue weighted by molar-refractivity contribution is -0.132. The van der Waals surface area contributed by atoms with Crippen molar-refractivity contribution in [2.24, 2.45) is 0 Å². The van der Waals surface area contributed by atoms with Gasteiger partial charge in [0.15, 0.2) is 0 Å². The molecule has 0 radical (unpaired) electrons. The zero-order chi connectivity index (χ0) is 13.5. The average Bonchev–Trinajstić information content (AvgIpc) is 2.34. The summed E-state index contributed by atoms with van der Waals surface area (Å²) in [5.41, 5.74) is 1.02. The number of rotatable bonds is 5. The van der Waals surface area contributed by atoms with Gasteiger partial charge in [0.25, 0.3) is 0 Å². The number of benzene rings is 1. The van der Waals surface area contributed by atoms with E-state index in [1.807, 2.05) is 44.2 Å². The molecule has 96 valence electrons. The fourth-order valence-corrected chi connectivity index (χ4v) is 1.53. The van der Waals surface area contributed by atoms with Gasteiger partial charge in [0.2, 0.25) is 5.91 Å². The summed E-state index contributed by atoms with van der Waals surface area (Å²) in [4.78, 5) is 23.9. The van der Waals surface area contributed by atoms with E-state index in [0.717, 1.165) is 17.7 Å². The topological polar surface area (TPSA) is 57.6 Å². The molecule has 0 saturated carbocycles. The monoisotopic (exact) mass is 247 g/mol. The van der Waals surface area contributed by atoms with Gasteiger partial charge in [0.05, 0.1) is 0 Å². The molecule has 0 atom stereocenters. The second-order valence-electron chi connectivity index (χ2n) is 4.22. The molecule has 1 aromatic rings. The molecule has 4 nitrogen and oxygen atoms in total. The Morgan fingerprint density at radius 2 is 1.83 bits per heavy atom. The van der Waals surface area contributed by atoms with Crippen LogP contribution in [0.1, 0.15) is 19.4 Å². The molecular weight excluding hydrogens is 230 g/mol. The van der Waals surface area contributed by atoms with E-state index in [0.29, 0.717) is 6.54 Å². The number of carbonyl (C=O) groups is 2. The Hall–Kier alpha value is -2.10. The minimum Gasteiger partial charge on any atom is -0.478 e. The van der Waals surface area contributed by atoms with Gasteiger partial charge in [0, 0.05) is 24.7 Å². The van der Waals surface area contributed by atoms with Gasteiger partial charge in [-0.25, -0.2) is 4.79 Å². The molecule has 0 aliphatic carbocycles. The van der Waals surface area contributed by atoms with Gasteiger partial charge in [0.1, 0.15) is 0 Å². The molecule has 1 amide bonds. The van der Waals surface area contributed by atoms with Crippen molar-refractivity contribution in [2.75, 3.05) is 0 Å². The van der Waals surface area contributed by atoms with E-state index < -0.39 is 5.97 Å². The molecule has 0 spiro atoms. The van der Waals surface area contributed by atoms with E-state index in [2.05, 4.69) is 0 Å². The van der Waals surface area contributed by atoms with Crippen molar-refractivity contribution in [1.82, 2.24) is 4.90 Å². The molecule has 0 bridgehead atoms. The number of hydrogen-bond donors (Lipinski definition) is 1. The molecule has 0 aromatic heterocycles. The van der Waals surface area contributed by atoms with Gasteiger partial charge in [-0.1, -0.05) is 30.3 Å². The Balaban J connectivity index is 2.77. The first kappa shape index (κ1) is 14.0. The van der Waals surface area contributed by atoms with E-state index in [-0.39, 0.29) is 11.9 Å². The highest BCUT2D eigenvalue weighted by Crippen LogP contribution is 2.09. The Morgan fingerprint density at radius 3 is 2.33 bits per heavy atom. The zero-order valence-corrected chi connectivity index (χ0v) is 10.5. The second kappa shape index (κ2) is 6.59. The van der Waals surface area contributed by atoms with Crippen LogP contribution in [0.5, 0.6) is 0 Å². The van der Waals surface area contributed by atoms with E-state index >= 15 is 0 Å². The summed E-state index contributed by atoms with van der Waals surface area (Å²) in [7, 11) is 0. The van der Waals surface area contributed by atoms with Crippen LogP contribution in [0.4, 0.5) is 0 Å². The van der Waals surface area contributed by atoms with Crippen LogP contribution in [0, 0.1) is 0 Å². The largest absolute Gasteiger partial charge is 0.478 e. The normalized spacial score (nSPS) is 10.8. The highest BCUT2D eigenvalue weighted by molar-refractivity contribution is 5.94. The van der Waals surface area contributed by atoms with Crippen LogP contribution in [-0.4, -0.2) is 27.9 Å². The smallest absolute Gasteiger partial charge is 0.328 e. The van der Waals surface area contributed by atoms with Gasteiger partial charge >= 0.3 is 5.97 Å². The first-order chi connectivity index (χ1) is 8.50. The lowest BCUT2D eigenvalue weighted by Gasteiger charge is -2.25. The molecular formula is C14H17NO3. The van der Waals surface area contributed by atoms with Gasteiger partial charge in [-0.3, -0.25) is 4.79 Å². The van der Waals surface area contributed by atoms with Gasteiger partial charge in [-0.2, -0.15) is 0 Å². The molecule has 0 unspecified atom stereocenters. The van der Waals surface area contributed by atoms with E-state index in [1.54, 1.807) is 4.90 Å². The van der Waals surface area contributed by atoms with Crippen LogP contribution in [-0.2, 0) is 16.1 Å². The summed E-state index contributed by atoms with van der Waals surface area (Å²) in [5, 5.41) is 8.51. The molecule has 0 saturated heterocycles. The summed E-state index contributed by atoms with van der Waals surface area (Å²) < 4.78 is 0. The molecule has 1 N–H and O–H groups in total. The number of aliphatic carboxylic acids is 1. The third kappa shape index (κ3) is 4.41. The van der Waals surface area contributed by atoms with Crippen molar-refractivity contribution in [3.8, 4) is 0 Å². The number of nitrogens with zero attached hydrogens (tertiary/aromatic N) is 1. The Morgan fingerprint density at radius 1 is 1.22 bits per heavy atom. The lowest BCUT2D eigenvalue weighted by atomic mass is 10.2. The number of hydrogen-bond acceptors (Lipinski definition) is 2. The molecule has 0 heterocycles. The van der Waals surface area contributed by atoms with Crippen molar-refractivity contribution in [1.29, 1.82) is 0 Å². The maximum absolute atomic E-state index is 11.9. The summed E-state index contributed by atoms with van der Waals surface area (Å²) in [6.45, 7) is 4.27. The van der Waals surface area contributed by atoms with Crippen molar-refractivity contribution >= 4 is 11.9 Å². The van der Waals surface area contributed by atoms with E-state index in [9.17, 15) is 9.59 Å². The molecule has 1 rings (SSSR count). The summed E-state index contributed by atoms with van der Waals surface area (Å²) in [6, 6.07) is 9.61. The molecule has 18 heavy (non-hydrogen) atoms. The fraction of sp³-hybridized carbons (Fsp3) is 0.286. The highest BCUT2D eigenvalue weighted by atomic mass is 16.4. The quantitative estimate of drug-likeness (QED) is 0.810. The number of amides is 1. The van der Waals surface area contributed by atoms with Crippen LogP contribution in [0.25, 0.3) is 0 Å². The Bertz CT molecular complexity index is 438. The minimum atomic E-state index is -1.12. The summed E-state index contributed by atoms with van der Waals surface area (Å²) in [5.74, 6) is -1.41. The fourth-order valence-electron chi connectivity index (χ4n) is 1.53. The summed E-state index contributed by atoms with van der Waals surface area (Å²) >= 11 is 0. The molecule has 0 fully saturated rings. The van der Waals surface area contributed by atoms with Gasteiger partial charge in [-0.05, 0) is 19.4 Å². The SMILES string of the molecule is CC(C)N(Cc1ccccc1)C(=O)C=CC(=O)O. The number of carbonyl (C=O) groups excluding carboxylic acids is 1. The van der Waals surface area contributed by atoms with Gasteiger partial charge < -0.3 is 10.0 Å². The van der Waals surface area contributed by atoms with Crippen LogP contribution in [0.15, 0.2) is 42.5 Å². The van der Waals surface area contributed by atoms with Crippen molar-refractivity contribution in [2.45, 2.75) is 26.4 Å². The van der Waals surface area contributed by atoms with Crippen molar-refractivity contribution in [3.05, 3.63) is 48.0 Å². The first-order valence-electron chi connectivity index (χ1n) is 5.76. The molecule has 0 aliphatic rings. The zero-order valence-electron chi connectivity index (χ0n) is 10.5. The van der Waals surface area contributed by atoms with E-state index in [4.69, 9.17) is 5.11 Å². The molecule has 1 aromatic carbocycles. The summed E-state index contributed by atoms with van der Waals surface area (Å²) in [6.07, 6.45) is 1.95. The standard InChI is InChI=1S/C14H17NO3/c1-11(2)15(13(16)8-9-14(17)18)10-12-6-4-3-5-7-12/h3-9,11H,10H2,1-2H3,(H,17,18). The third-order valence-corrected chi connectivity index (χ3v) is 2.47. The van der Waals surface area contributed by atoms with Crippen LogP contribution < -0.4 is 0 Å². The maximum Gasteiger partial charge on any atom is 0.328 e. The maximum atomic E-state index is 11.9. The van der Waals surface area contributed by atoms with Crippen molar-refractivity contribution in [3.63, 3.8) is 0 Å². The van der Waals surface area contributed by atoms with Crippen LogP contribution in [0.3, 0.4) is 0 Å². The Labute approximate surface area is 107 Å². The number of carboxylic acids is 1. The highest BCUT2D eigenvalue weighted by Gasteiger charge is 2.14. The second-order valence-corrected chi connectivity index (χ2v) is 4.22. The minimum absolute atomic E-state index is 0.0103. The molecule has 0 aliphatic heterocycles. The Kier molecular flexibility index (Phi) is 5.11. The first-order valence-corrected chi connectivity index (χ1v) is 5.76. The lowest BCUT2D eigenvalue weighted by Crippen LogP contribution is -2.35. The van der Waals surface area contributed by atoms with E-state index in [1.165, 1.54) is 0 Å². The average molecular weight is 247 g/mol. The third-order valence-electron chi connectivity index (χ3n) is 2.47. The number of carboxylic acid groups (broad SMARTS) is 1.